The third kappa shape index (κ3) is 4.28. The summed E-state index contributed by atoms with van der Waals surface area (Å²) < 4.78 is 43.7. The van der Waals surface area contributed by atoms with E-state index in [0.29, 0.717) is 54.4 Å². The molecule has 170 valence electrons. The number of hydrogen-bond donors (Lipinski definition) is 0. The number of benzene rings is 1. The van der Waals surface area contributed by atoms with Gasteiger partial charge in [0.05, 0.1) is 15.7 Å². The van der Waals surface area contributed by atoms with E-state index in [0.717, 1.165) is 18.5 Å². The summed E-state index contributed by atoms with van der Waals surface area (Å²) in [4.78, 5) is 4.10. The number of rotatable bonds is 5. The van der Waals surface area contributed by atoms with Crippen molar-refractivity contribution in [3.8, 4) is 0 Å². The first-order valence-corrected chi connectivity index (χ1v) is 11.4. The number of aromatic nitrogens is 3. The zero-order chi connectivity index (χ0) is 22.5. The molecule has 1 aliphatic carbocycles. The van der Waals surface area contributed by atoms with Gasteiger partial charge in [0, 0.05) is 45.3 Å². The Kier molecular flexibility index (Phi) is 5.72. The molecule has 1 aliphatic heterocycles. The van der Waals surface area contributed by atoms with Crippen LogP contribution >= 0.6 is 23.2 Å². The maximum Gasteiger partial charge on any atom is 0.420 e. The lowest BCUT2D eigenvalue weighted by molar-refractivity contribution is -0.137. The molecule has 0 amide bonds. The summed E-state index contributed by atoms with van der Waals surface area (Å²) in [6, 6.07) is 6.93. The lowest BCUT2D eigenvalue weighted by atomic mass is 10.1. The molecule has 1 saturated carbocycles. The molecule has 0 bridgehead atoms. The van der Waals surface area contributed by atoms with Crippen LogP contribution in [-0.4, -0.2) is 45.7 Å². The first kappa shape index (κ1) is 21.8. The molecule has 1 aromatic carbocycles. The number of pyridine rings is 1. The van der Waals surface area contributed by atoms with Crippen molar-refractivity contribution in [2.75, 3.05) is 31.1 Å². The van der Waals surface area contributed by atoms with E-state index in [1.54, 1.807) is 30.5 Å². The number of anilines is 1. The number of fused-ring (bicyclic) bond motifs is 1. The lowest BCUT2D eigenvalue weighted by Crippen LogP contribution is -2.46. The number of hydrogen-bond acceptors (Lipinski definition) is 4. The van der Waals surface area contributed by atoms with Gasteiger partial charge in [0.15, 0.2) is 5.65 Å². The molecule has 2 aliphatic rings. The highest BCUT2D eigenvalue weighted by molar-refractivity contribution is 6.39. The number of halogens is 5. The lowest BCUT2D eigenvalue weighted by Gasteiger charge is -2.37. The zero-order valence-electron chi connectivity index (χ0n) is 17.2. The van der Waals surface area contributed by atoms with Gasteiger partial charge in [0.1, 0.15) is 11.4 Å². The van der Waals surface area contributed by atoms with Crippen LogP contribution in [0.25, 0.3) is 5.65 Å². The molecule has 0 radical (unpaired) electrons. The number of para-hydroxylation sites is 1. The SMILES string of the molecule is FC(F)(F)c1c(CN2CCN(c3c(Cl)cccc3Cl)CC2)ccn2c(CC3CC3)nnc12. The van der Waals surface area contributed by atoms with Crippen molar-refractivity contribution in [3.05, 3.63) is 57.5 Å². The fourth-order valence-corrected chi connectivity index (χ4v) is 5.00. The first-order valence-electron chi connectivity index (χ1n) is 10.7. The smallest absolute Gasteiger partial charge is 0.367 e. The number of nitrogens with zero attached hydrogens (tertiary/aromatic N) is 5. The Morgan fingerprint density at radius 3 is 2.28 bits per heavy atom. The van der Waals surface area contributed by atoms with Crippen molar-refractivity contribution in [1.29, 1.82) is 0 Å². The minimum Gasteiger partial charge on any atom is -0.367 e. The fourth-order valence-electron chi connectivity index (χ4n) is 4.36. The molecule has 3 aromatic rings. The Hall–Kier alpha value is -2.03. The van der Waals surface area contributed by atoms with Crippen molar-refractivity contribution in [2.24, 2.45) is 5.92 Å². The predicted molar refractivity (Wildman–Crippen MR) is 118 cm³/mol. The molecule has 2 fully saturated rings. The monoisotopic (exact) mass is 483 g/mol. The van der Waals surface area contributed by atoms with Crippen molar-refractivity contribution >= 4 is 34.5 Å². The molecule has 32 heavy (non-hydrogen) atoms. The Labute approximate surface area is 193 Å². The van der Waals surface area contributed by atoms with Gasteiger partial charge < -0.3 is 4.90 Å². The Morgan fingerprint density at radius 1 is 0.969 bits per heavy atom. The summed E-state index contributed by atoms with van der Waals surface area (Å²) in [7, 11) is 0. The molecule has 5 rings (SSSR count). The van der Waals surface area contributed by atoms with E-state index in [-0.39, 0.29) is 17.8 Å². The Balaban J connectivity index is 1.36. The van der Waals surface area contributed by atoms with E-state index in [1.807, 2.05) is 4.90 Å². The standard InChI is InChI=1S/C22H22Cl2F3N5/c23-16-2-1-3-17(24)20(16)31-10-8-30(9-11-31)13-15-6-7-32-18(12-14-4-5-14)28-29-21(32)19(15)22(25,26)27/h1-3,6-7,14H,4-5,8-13H2. The highest BCUT2D eigenvalue weighted by Crippen LogP contribution is 2.38. The van der Waals surface area contributed by atoms with E-state index < -0.39 is 11.7 Å². The van der Waals surface area contributed by atoms with Gasteiger partial charge in [-0.2, -0.15) is 13.2 Å². The largest absolute Gasteiger partial charge is 0.420 e. The summed E-state index contributed by atoms with van der Waals surface area (Å²) in [6.07, 6.45) is 0.0470. The van der Waals surface area contributed by atoms with Crippen LogP contribution in [0.1, 0.15) is 29.8 Å². The molecule has 5 nitrogen and oxygen atoms in total. The van der Waals surface area contributed by atoms with Crippen molar-refractivity contribution in [2.45, 2.75) is 32.0 Å². The normalized spacial score (nSPS) is 18.0. The Bertz CT molecular complexity index is 1110. The molecular weight excluding hydrogens is 462 g/mol. The van der Waals surface area contributed by atoms with Crippen LogP contribution in [0.15, 0.2) is 30.5 Å². The van der Waals surface area contributed by atoms with E-state index in [4.69, 9.17) is 23.2 Å². The van der Waals surface area contributed by atoms with Crippen LogP contribution in [0.2, 0.25) is 10.0 Å². The maximum atomic E-state index is 14.1. The summed E-state index contributed by atoms with van der Waals surface area (Å²) in [5, 5.41) is 9.14. The first-order chi connectivity index (χ1) is 15.3. The van der Waals surface area contributed by atoms with E-state index in [9.17, 15) is 13.2 Å². The molecule has 10 heteroatoms. The topological polar surface area (TPSA) is 36.7 Å². The van der Waals surface area contributed by atoms with Crippen molar-refractivity contribution < 1.29 is 13.2 Å². The van der Waals surface area contributed by atoms with Gasteiger partial charge in [-0.15, -0.1) is 10.2 Å². The molecule has 3 heterocycles. The minimum absolute atomic E-state index is 0.105. The highest BCUT2D eigenvalue weighted by atomic mass is 35.5. The third-order valence-electron chi connectivity index (χ3n) is 6.21. The van der Waals surface area contributed by atoms with Crippen LogP contribution < -0.4 is 4.90 Å². The number of piperazine rings is 1. The second-order valence-electron chi connectivity index (χ2n) is 8.50. The van der Waals surface area contributed by atoms with Gasteiger partial charge in [0.2, 0.25) is 0 Å². The van der Waals surface area contributed by atoms with Gasteiger partial charge >= 0.3 is 6.18 Å². The average Bonchev–Trinajstić information content (AvgIpc) is 3.47. The predicted octanol–water partition coefficient (Wildman–Crippen LogP) is 5.33. The fraction of sp³-hybridized carbons (Fsp3) is 0.455. The quantitative estimate of drug-likeness (QED) is 0.491. The van der Waals surface area contributed by atoms with Gasteiger partial charge in [-0.1, -0.05) is 29.3 Å². The maximum absolute atomic E-state index is 14.1. The summed E-state index contributed by atoms with van der Waals surface area (Å²) in [6.45, 7) is 2.65. The molecule has 0 atom stereocenters. The van der Waals surface area contributed by atoms with Crippen LogP contribution in [0.4, 0.5) is 18.9 Å². The summed E-state index contributed by atoms with van der Waals surface area (Å²) in [5.74, 6) is 1.11. The molecule has 2 aromatic heterocycles. The number of alkyl halides is 3. The van der Waals surface area contributed by atoms with Gasteiger partial charge in [0.25, 0.3) is 0 Å². The Morgan fingerprint density at radius 2 is 1.66 bits per heavy atom. The zero-order valence-corrected chi connectivity index (χ0v) is 18.8. The van der Waals surface area contributed by atoms with Crippen molar-refractivity contribution in [1.82, 2.24) is 19.5 Å². The second-order valence-corrected chi connectivity index (χ2v) is 9.32. The average molecular weight is 484 g/mol. The highest BCUT2D eigenvalue weighted by Gasteiger charge is 2.38. The van der Waals surface area contributed by atoms with Gasteiger partial charge in [-0.05, 0) is 42.5 Å². The second kappa shape index (κ2) is 8.39. The minimum atomic E-state index is -4.51. The van der Waals surface area contributed by atoms with Crippen LogP contribution in [0, 0.1) is 5.92 Å². The molecule has 0 N–H and O–H groups in total. The molecular formula is C22H22Cl2F3N5. The molecule has 0 unspecified atom stereocenters. The summed E-state index contributed by atoms with van der Waals surface area (Å²) >= 11 is 12.6. The van der Waals surface area contributed by atoms with Crippen LogP contribution in [0.5, 0.6) is 0 Å². The molecule has 1 saturated heterocycles. The van der Waals surface area contributed by atoms with Crippen molar-refractivity contribution in [3.63, 3.8) is 0 Å². The van der Waals surface area contributed by atoms with Crippen LogP contribution in [-0.2, 0) is 19.1 Å². The van der Waals surface area contributed by atoms with Crippen LogP contribution in [0.3, 0.4) is 0 Å². The third-order valence-corrected chi connectivity index (χ3v) is 6.82. The summed E-state index contributed by atoms with van der Waals surface area (Å²) in [5.41, 5.74) is 0.206. The molecule has 0 spiro atoms. The van der Waals surface area contributed by atoms with E-state index in [2.05, 4.69) is 15.1 Å². The van der Waals surface area contributed by atoms with E-state index >= 15 is 0 Å². The van der Waals surface area contributed by atoms with Gasteiger partial charge in [-0.3, -0.25) is 9.30 Å². The van der Waals surface area contributed by atoms with Gasteiger partial charge in [-0.25, -0.2) is 0 Å². The van der Waals surface area contributed by atoms with E-state index in [1.165, 1.54) is 4.40 Å².